The highest BCUT2D eigenvalue weighted by Crippen LogP contribution is 2.15. The molecule has 14 heavy (non-hydrogen) atoms. The van der Waals surface area contributed by atoms with E-state index in [1.807, 2.05) is 6.07 Å². The number of hydrogen-bond acceptors (Lipinski definition) is 3. The van der Waals surface area contributed by atoms with Crippen LogP contribution in [0.3, 0.4) is 0 Å². The molecule has 0 spiro atoms. The molecule has 0 atom stereocenters. The summed E-state index contributed by atoms with van der Waals surface area (Å²) < 4.78 is 5.58. The minimum Gasteiger partial charge on any atom is -0.492 e. The zero-order valence-electron chi connectivity index (χ0n) is 8.92. The molecule has 0 aromatic carbocycles. The van der Waals surface area contributed by atoms with Crippen LogP contribution in [-0.4, -0.2) is 18.1 Å². The van der Waals surface area contributed by atoms with Gasteiger partial charge in [0.15, 0.2) is 0 Å². The summed E-state index contributed by atoms with van der Waals surface area (Å²) in [6.45, 7) is 6.76. The molecule has 1 rings (SSSR count). The van der Waals surface area contributed by atoms with Crippen LogP contribution in [0.2, 0.25) is 0 Å². The Bertz CT molecular complexity index is 236. The van der Waals surface area contributed by atoms with Crippen molar-refractivity contribution in [2.24, 2.45) is 0 Å². The minimum atomic E-state index is 0.755. The fourth-order valence-electron chi connectivity index (χ4n) is 1.16. The van der Waals surface area contributed by atoms with Crippen LogP contribution in [0.5, 0.6) is 5.75 Å². The Morgan fingerprint density at radius 1 is 1.43 bits per heavy atom. The number of pyridine rings is 1. The van der Waals surface area contributed by atoms with Gasteiger partial charge < -0.3 is 10.1 Å². The molecule has 0 aliphatic heterocycles. The number of ether oxygens (including phenoxy) is 1. The number of nitrogens with zero attached hydrogens (tertiary/aromatic N) is 1. The maximum Gasteiger partial charge on any atom is 0.142 e. The van der Waals surface area contributed by atoms with Crippen LogP contribution in [0.15, 0.2) is 18.5 Å². The summed E-state index contributed by atoms with van der Waals surface area (Å²) in [7, 11) is 0. The molecule has 1 heterocycles. The van der Waals surface area contributed by atoms with E-state index in [4.69, 9.17) is 4.74 Å². The van der Waals surface area contributed by atoms with Gasteiger partial charge in [0.05, 0.1) is 12.8 Å². The first kappa shape index (κ1) is 11.0. The lowest BCUT2D eigenvalue weighted by Gasteiger charge is -2.09. The van der Waals surface area contributed by atoms with E-state index in [1.165, 1.54) is 5.56 Å². The van der Waals surface area contributed by atoms with Crippen LogP contribution in [0, 0.1) is 0 Å². The molecule has 0 unspecified atom stereocenters. The van der Waals surface area contributed by atoms with Gasteiger partial charge >= 0.3 is 0 Å². The summed E-state index contributed by atoms with van der Waals surface area (Å²) in [6.07, 6.45) is 4.60. The standard InChI is InChI=1S/C11H18N2O/c1-3-7-14-11-9-13-6-5-10(11)8-12-4-2/h5-6,9,12H,3-4,7-8H2,1-2H3. The molecule has 0 amide bonds. The van der Waals surface area contributed by atoms with Crippen LogP contribution in [0.25, 0.3) is 0 Å². The smallest absolute Gasteiger partial charge is 0.142 e. The third kappa shape index (κ3) is 3.34. The lowest BCUT2D eigenvalue weighted by molar-refractivity contribution is 0.312. The third-order valence-corrected chi connectivity index (χ3v) is 1.90. The van der Waals surface area contributed by atoms with Crippen molar-refractivity contribution >= 4 is 0 Å². The SMILES string of the molecule is CCCOc1cnccc1CNCC. The first-order valence-corrected chi connectivity index (χ1v) is 5.14. The summed E-state index contributed by atoms with van der Waals surface area (Å²) in [5.74, 6) is 0.898. The zero-order valence-corrected chi connectivity index (χ0v) is 8.92. The monoisotopic (exact) mass is 194 g/mol. The molecule has 1 aromatic rings. The van der Waals surface area contributed by atoms with Crippen LogP contribution in [0.1, 0.15) is 25.8 Å². The van der Waals surface area contributed by atoms with E-state index in [1.54, 1.807) is 12.4 Å². The largest absolute Gasteiger partial charge is 0.492 e. The second kappa shape index (κ2) is 6.38. The van der Waals surface area contributed by atoms with Gasteiger partial charge in [0.25, 0.3) is 0 Å². The summed E-state index contributed by atoms with van der Waals surface area (Å²) in [5, 5.41) is 3.27. The van der Waals surface area contributed by atoms with Crippen LogP contribution in [-0.2, 0) is 6.54 Å². The van der Waals surface area contributed by atoms with Gasteiger partial charge in [-0.1, -0.05) is 13.8 Å². The van der Waals surface area contributed by atoms with Crippen molar-refractivity contribution in [3.8, 4) is 5.75 Å². The third-order valence-electron chi connectivity index (χ3n) is 1.90. The average molecular weight is 194 g/mol. The lowest BCUT2D eigenvalue weighted by Crippen LogP contribution is -2.13. The van der Waals surface area contributed by atoms with Gasteiger partial charge in [-0.05, 0) is 19.0 Å². The molecule has 0 bridgehead atoms. The second-order valence-corrected chi connectivity index (χ2v) is 3.11. The summed E-state index contributed by atoms with van der Waals surface area (Å²) >= 11 is 0. The van der Waals surface area contributed by atoms with E-state index in [0.29, 0.717) is 0 Å². The van der Waals surface area contributed by atoms with Crippen molar-refractivity contribution in [2.75, 3.05) is 13.2 Å². The Morgan fingerprint density at radius 2 is 2.29 bits per heavy atom. The van der Waals surface area contributed by atoms with Crippen molar-refractivity contribution in [2.45, 2.75) is 26.8 Å². The van der Waals surface area contributed by atoms with E-state index in [9.17, 15) is 0 Å². The molecule has 0 aliphatic rings. The van der Waals surface area contributed by atoms with Gasteiger partial charge in [0, 0.05) is 18.3 Å². The Morgan fingerprint density at radius 3 is 3.00 bits per heavy atom. The Labute approximate surface area is 85.5 Å². The molecule has 0 radical (unpaired) electrons. The number of rotatable bonds is 6. The Hall–Kier alpha value is -1.09. The molecule has 1 N–H and O–H groups in total. The summed E-state index contributed by atoms with van der Waals surface area (Å²) in [4.78, 5) is 4.05. The fraction of sp³-hybridized carbons (Fsp3) is 0.545. The molecule has 0 aliphatic carbocycles. The minimum absolute atomic E-state index is 0.755. The zero-order chi connectivity index (χ0) is 10.2. The van der Waals surface area contributed by atoms with Gasteiger partial charge in [-0.3, -0.25) is 4.98 Å². The van der Waals surface area contributed by atoms with E-state index in [2.05, 4.69) is 24.1 Å². The first-order chi connectivity index (χ1) is 6.88. The van der Waals surface area contributed by atoms with Crippen molar-refractivity contribution in [3.63, 3.8) is 0 Å². The predicted molar refractivity (Wildman–Crippen MR) is 57.4 cm³/mol. The summed E-state index contributed by atoms with van der Waals surface area (Å²) in [6, 6.07) is 1.99. The molecule has 0 saturated heterocycles. The van der Waals surface area contributed by atoms with Crippen LogP contribution in [0.4, 0.5) is 0 Å². The maximum absolute atomic E-state index is 5.58. The number of nitrogens with one attached hydrogen (secondary N) is 1. The molecule has 3 nitrogen and oxygen atoms in total. The maximum atomic E-state index is 5.58. The normalized spacial score (nSPS) is 10.1. The Balaban J connectivity index is 2.60. The van der Waals surface area contributed by atoms with E-state index >= 15 is 0 Å². The predicted octanol–water partition coefficient (Wildman–Crippen LogP) is 1.98. The van der Waals surface area contributed by atoms with Crippen molar-refractivity contribution < 1.29 is 4.74 Å². The van der Waals surface area contributed by atoms with Gasteiger partial charge in [-0.15, -0.1) is 0 Å². The average Bonchev–Trinajstić information content (AvgIpc) is 2.24. The number of aromatic nitrogens is 1. The quantitative estimate of drug-likeness (QED) is 0.752. The highest BCUT2D eigenvalue weighted by Gasteiger charge is 2.01. The van der Waals surface area contributed by atoms with Crippen molar-refractivity contribution in [1.29, 1.82) is 0 Å². The molecule has 0 fully saturated rings. The van der Waals surface area contributed by atoms with Gasteiger partial charge in [-0.25, -0.2) is 0 Å². The molecule has 0 saturated carbocycles. The topological polar surface area (TPSA) is 34.1 Å². The van der Waals surface area contributed by atoms with E-state index in [-0.39, 0.29) is 0 Å². The molecule has 3 heteroatoms. The van der Waals surface area contributed by atoms with Crippen LogP contribution < -0.4 is 10.1 Å². The van der Waals surface area contributed by atoms with Gasteiger partial charge in [-0.2, -0.15) is 0 Å². The molecule has 1 aromatic heterocycles. The highest BCUT2D eigenvalue weighted by molar-refractivity contribution is 5.29. The second-order valence-electron chi connectivity index (χ2n) is 3.11. The number of hydrogen-bond donors (Lipinski definition) is 1. The first-order valence-electron chi connectivity index (χ1n) is 5.14. The highest BCUT2D eigenvalue weighted by atomic mass is 16.5. The van der Waals surface area contributed by atoms with Crippen molar-refractivity contribution in [1.82, 2.24) is 10.3 Å². The molecular weight excluding hydrogens is 176 g/mol. The molecular formula is C11H18N2O. The summed E-state index contributed by atoms with van der Waals surface area (Å²) in [5.41, 5.74) is 1.18. The van der Waals surface area contributed by atoms with E-state index < -0.39 is 0 Å². The lowest BCUT2D eigenvalue weighted by atomic mass is 10.2. The Kier molecular flexibility index (Phi) is 5.00. The van der Waals surface area contributed by atoms with Gasteiger partial charge in [0.1, 0.15) is 5.75 Å². The van der Waals surface area contributed by atoms with Crippen molar-refractivity contribution in [3.05, 3.63) is 24.0 Å². The van der Waals surface area contributed by atoms with E-state index in [0.717, 1.165) is 31.9 Å². The van der Waals surface area contributed by atoms with Gasteiger partial charge in [0.2, 0.25) is 0 Å². The van der Waals surface area contributed by atoms with Crippen LogP contribution >= 0.6 is 0 Å². The fourth-order valence-corrected chi connectivity index (χ4v) is 1.16. The molecule has 78 valence electrons.